The van der Waals surface area contributed by atoms with Crippen LogP contribution in [0.3, 0.4) is 0 Å². The summed E-state index contributed by atoms with van der Waals surface area (Å²) in [6, 6.07) is 22.0. The topological polar surface area (TPSA) is 9.23 Å². The average Bonchev–Trinajstić information content (AvgIpc) is 2.88. The van der Waals surface area contributed by atoms with E-state index in [0.29, 0.717) is 16.3 Å². The van der Waals surface area contributed by atoms with E-state index in [1.54, 1.807) is 24.3 Å². The lowest BCUT2D eigenvalue weighted by Crippen LogP contribution is -2.16. The highest BCUT2D eigenvalue weighted by Gasteiger charge is 2.30. The molecule has 0 aliphatic heterocycles. The summed E-state index contributed by atoms with van der Waals surface area (Å²) >= 11 is 0. The Morgan fingerprint density at radius 2 is 1.32 bits per heavy atom. The van der Waals surface area contributed by atoms with Gasteiger partial charge in [0, 0.05) is 22.1 Å². The molecule has 1 nitrogen and oxygen atoms in total. The number of fused-ring (bicyclic) bond motifs is 1. The zero-order valence-corrected chi connectivity index (χ0v) is 20.3. The SMILES string of the molecule is CCCCCc1ccc(C#Cc2ccc3c(F)c(C#Cc4ccc(OC(F)(F)F)cc4)ccc3c2)cc1. The first-order valence-corrected chi connectivity index (χ1v) is 12.0. The highest BCUT2D eigenvalue weighted by atomic mass is 19.4. The summed E-state index contributed by atoms with van der Waals surface area (Å²) in [6.45, 7) is 2.19. The third-order valence-electron chi connectivity index (χ3n) is 5.76. The van der Waals surface area contributed by atoms with Gasteiger partial charge in [-0.3, -0.25) is 0 Å². The molecule has 0 bridgehead atoms. The van der Waals surface area contributed by atoms with E-state index < -0.39 is 12.2 Å². The molecular formula is C32H24F4O. The molecule has 0 spiro atoms. The lowest BCUT2D eigenvalue weighted by Gasteiger charge is -2.08. The van der Waals surface area contributed by atoms with Crippen LogP contribution in [0.4, 0.5) is 17.6 Å². The van der Waals surface area contributed by atoms with Gasteiger partial charge < -0.3 is 4.74 Å². The number of halogens is 4. The van der Waals surface area contributed by atoms with Gasteiger partial charge >= 0.3 is 6.36 Å². The van der Waals surface area contributed by atoms with Crippen molar-refractivity contribution in [1.29, 1.82) is 0 Å². The Bertz CT molecular complexity index is 1490. The van der Waals surface area contributed by atoms with Gasteiger partial charge in [-0.2, -0.15) is 0 Å². The maximum Gasteiger partial charge on any atom is 0.573 e. The standard InChI is InChI=1S/C32H24F4O/c1-2-3-4-5-23-6-8-24(9-7-23)10-11-26-15-21-30-28(22-26)18-17-27(31(30)33)16-12-25-13-19-29(20-14-25)37-32(34,35)36/h6-9,13-15,17-22H,2-5H2,1H3. The second kappa shape index (κ2) is 11.7. The molecule has 186 valence electrons. The normalized spacial score (nSPS) is 10.8. The van der Waals surface area contributed by atoms with E-state index in [1.165, 1.54) is 49.1 Å². The molecule has 0 atom stereocenters. The van der Waals surface area contributed by atoms with E-state index in [2.05, 4.69) is 47.5 Å². The Morgan fingerprint density at radius 1 is 0.703 bits per heavy atom. The molecule has 5 heteroatoms. The van der Waals surface area contributed by atoms with Gasteiger partial charge in [-0.15, -0.1) is 13.2 Å². The predicted octanol–water partition coefficient (Wildman–Crippen LogP) is 8.41. The molecule has 0 radical (unpaired) electrons. The van der Waals surface area contributed by atoms with Crippen LogP contribution in [-0.2, 0) is 6.42 Å². The van der Waals surface area contributed by atoms with E-state index in [9.17, 15) is 13.2 Å². The number of aryl methyl sites for hydroxylation is 1. The summed E-state index contributed by atoms with van der Waals surface area (Å²) in [5, 5.41) is 1.12. The van der Waals surface area contributed by atoms with Crippen LogP contribution in [0.1, 0.15) is 54.0 Å². The highest BCUT2D eigenvalue weighted by Crippen LogP contribution is 2.24. The van der Waals surface area contributed by atoms with Crippen molar-refractivity contribution in [1.82, 2.24) is 0 Å². The molecule has 4 rings (SSSR count). The van der Waals surface area contributed by atoms with Gasteiger partial charge in [0.1, 0.15) is 11.6 Å². The van der Waals surface area contributed by atoms with E-state index in [1.807, 2.05) is 18.2 Å². The monoisotopic (exact) mass is 500 g/mol. The molecule has 0 amide bonds. The van der Waals surface area contributed by atoms with E-state index in [0.717, 1.165) is 17.5 Å². The fourth-order valence-corrected chi connectivity index (χ4v) is 3.82. The summed E-state index contributed by atoms with van der Waals surface area (Å²) in [6.07, 6.45) is -0.0542. The Balaban J connectivity index is 1.48. The summed E-state index contributed by atoms with van der Waals surface area (Å²) in [5.41, 5.74) is 3.65. The summed E-state index contributed by atoms with van der Waals surface area (Å²) < 4.78 is 55.8. The number of rotatable bonds is 5. The van der Waals surface area contributed by atoms with Crippen molar-refractivity contribution in [3.63, 3.8) is 0 Å². The number of hydrogen-bond donors (Lipinski definition) is 0. The molecule has 0 aromatic heterocycles. The molecule has 37 heavy (non-hydrogen) atoms. The molecule has 4 aromatic rings. The fourth-order valence-electron chi connectivity index (χ4n) is 3.82. The Kier molecular flexibility index (Phi) is 8.16. The molecule has 0 saturated carbocycles. The summed E-state index contributed by atoms with van der Waals surface area (Å²) in [7, 11) is 0. The third kappa shape index (κ3) is 7.38. The minimum Gasteiger partial charge on any atom is -0.406 e. The second-order valence-electron chi connectivity index (χ2n) is 8.59. The van der Waals surface area contributed by atoms with Crippen molar-refractivity contribution in [3.05, 3.63) is 112 Å². The Hall–Kier alpha value is -4.22. The first-order valence-electron chi connectivity index (χ1n) is 12.0. The first kappa shape index (κ1) is 25.9. The van der Waals surface area contributed by atoms with Crippen molar-refractivity contribution in [2.24, 2.45) is 0 Å². The molecule has 4 aromatic carbocycles. The van der Waals surface area contributed by atoms with Crippen LogP contribution in [0.25, 0.3) is 10.8 Å². The molecule has 0 heterocycles. The molecule has 0 fully saturated rings. The highest BCUT2D eigenvalue weighted by molar-refractivity contribution is 5.86. The number of alkyl halides is 3. The van der Waals surface area contributed by atoms with Crippen LogP contribution in [0, 0.1) is 29.5 Å². The Labute approximate surface area is 214 Å². The van der Waals surface area contributed by atoms with Gasteiger partial charge in [0.2, 0.25) is 0 Å². The largest absolute Gasteiger partial charge is 0.573 e. The van der Waals surface area contributed by atoms with Crippen LogP contribution < -0.4 is 4.74 Å². The molecule has 0 unspecified atom stereocenters. The van der Waals surface area contributed by atoms with Gasteiger partial charge in [-0.25, -0.2) is 4.39 Å². The van der Waals surface area contributed by atoms with Crippen LogP contribution in [-0.4, -0.2) is 6.36 Å². The van der Waals surface area contributed by atoms with Crippen molar-refractivity contribution >= 4 is 10.8 Å². The van der Waals surface area contributed by atoms with Crippen molar-refractivity contribution < 1.29 is 22.3 Å². The fraction of sp³-hybridized carbons (Fsp3) is 0.188. The van der Waals surface area contributed by atoms with E-state index in [-0.39, 0.29) is 11.3 Å². The van der Waals surface area contributed by atoms with Gasteiger partial charge in [-0.05, 0) is 78.4 Å². The van der Waals surface area contributed by atoms with E-state index >= 15 is 4.39 Å². The van der Waals surface area contributed by atoms with Gasteiger partial charge in [0.05, 0.1) is 5.56 Å². The van der Waals surface area contributed by atoms with Crippen LogP contribution in [0.5, 0.6) is 5.75 Å². The number of ether oxygens (including phenoxy) is 1. The minimum atomic E-state index is -4.76. The molecular weight excluding hydrogens is 476 g/mol. The maximum absolute atomic E-state index is 15.1. The lowest BCUT2D eigenvalue weighted by atomic mass is 10.0. The summed E-state index contributed by atoms with van der Waals surface area (Å²) in [4.78, 5) is 0. The molecule has 0 N–H and O–H groups in total. The second-order valence-corrected chi connectivity index (χ2v) is 8.59. The smallest absolute Gasteiger partial charge is 0.406 e. The molecule has 0 saturated heterocycles. The minimum absolute atomic E-state index is 0.195. The Morgan fingerprint density at radius 3 is 2.00 bits per heavy atom. The number of hydrogen-bond acceptors (Lipinski definition) is 1. The van der Waals surface area contributed by atoms with Gasteiger partial charge in [0.15, 0.2) is 0 Å². The van der Waals surface area contributed by atoms with Crippen LogP contribution in [0.2, 0.25) is 0 Å². The average molecular weight is 501 g/mol. The lowest BCUT2D eigenvalue weighted by molar-refractivity contribution is -0.274. The zero-order chi connectivity index (χ0) is 26.3. The van der Waals surface area contributed by atoms with E-state index in [4.69, 9.17) is 0 Å². The zero-order valence-electron chi connectivity index (χ0n) is 20.3. The quantitative estimate of drug-likeness (QED) is 0.152. The number of benzene rings is 4. The first-order chi connectivity index (χ1) is 17.8. The third-order valence-corrected chi connectivity index (χ3v) is 5.76. The van der Waals surface area contributed by atoms with Gasteiger partial charge in [0.25, 0.3) is 0 Å². The van der Waals surface area contributed by atoms with Crippen molar-refractivity contribution in [2.75, 3.05) is 0 Å². The van der Waals surface area contributed by atoms with Crippen LogP contribution in [0.15, 0.2) is 78.9 Å². The van der Waals surface area contributed by atoms with Crippen LogP contribution >= 0.6 is 0 Å². The molecule has 0 aliphatic rings. The summed E-state index contributed by atoms with van der Waals surface area (Å²) in [5.74, 6) is 11.0. The molecule has 0 aliphatic carbocycles. The maximum atomic E-state index is 15.1. The van der Waals surface area contributed by atoms with Gasteiger partial charge in [-0.1, -0.05) is 67.7 Å². The van der Waals surface area contributed by atoms with Crippen molar-refractivity contribution in [3.8, 4) is 29.4 Å². The number of unbranched alkanes of at least 4 members (excludes halogenated alkanes) is 2. The predicted molar refractivity (Wildman–Crippen MR) is 139 cm³/mol. The van der Waals surface area contributed by atoms with Crippen molar-refractivity contribution in [2.45, 2.75) is 39.0 Å².